The Balaban J connectivity index is 2.17. The van der Waals surface area contributed by atoms with Crippen molar-refractivity contribution >= 4 is 5.84 Å². The highest BCUT2D eigenvalue weighted by atomic mass is 15.1. The van der Waals surface area contributed by atoms with E-state index in [0.717, 1.165) is 19.4 Å². The highest BCUT2D eigenvalue weighted by molar-refractivity contribution is 5.76. The summed E-state index contributed by atoms with van der Waals surface area (Å²) < 4.78 is 0. The lowest BCUT2D eigenvalue weighted by Gasteiger charge is -2.38. The van der Waals surface area contributed by atoms with Gasteiger partial charge in [0.2, 0.25) is 0 Å². The molecule has 3 N–H and O–H groups in total. The lowest BCUT2D eigenvalue weighted by atomic mass is 9.78. The first-order valence-electron chi connectivity index (χ1n) is 6.11. The van der Waals surface area contributed by atoms with Gasteiger partial charge >= 0.3 is 0 Å². The van der Waals surface area contributed by atoms with Crippen molar-refractivity contribution in [2.45, 2.75) is 46.0 Å². The van der Waals surface area contributed by atoms with Crippen molar-refractivity contribution < 1.29 is 0 Å². The monoisotopic (exact) mass is 211 g/mol. The number of nitrogens with two attached hydrogens (primary N) is 1. The zero-order chi connectivity index (χ0) is 11.3. The zero-order valence-electron chi connectivity index (χ0n) is 10.2. The Kier molecular flexibility index (Phi) is 4.58. The normalized spacial score (nSPS) is 21.5. The van der Waals surface area contributed by atoms with Crippen LogP contribution in [0.2, 0.25) is 0 Å². The van der Waals surface area contributed by atoms with Crippen LogP contribution in [0, 0.1) is 10.8 Å². The fraction of sp³-hybridized carbons (Fsp3) is 0.917. The number of hydrogen-bond donors (Lipinski definition) is 2. The molecule has 1 aliphatic rings. The van der Waals surface area contributed by atoms with E-state index in [0.29, 0.717) is 11.3 Å². The predicted molar refractivity (Wildman–Crippen MR) is 65.2 cm³/mol. The molecule has 3 nitrogen and oxygen atoms in total. The molecule has 0 amide bonds. The molecular weight excluding hydrogens is 186 g/mol. The van der Waals surface area contributed by atoms with Gasteiger partial charge in [-0.1, -0.05) is 20.3 Å². The third-order valence-corrected chi connectivity index (χ3v) is 3.84. The van der Waals surface area contributed by atoms with Crippen molar-refractivity contribution in [3.05, 3.63) is 0 Å². The molecule has 1 aliphatic heterocycles. The molecule has 0 saturated carbocycles. The fourth-order valence-corrected chi connectivity index (χ4v) is 2.16. The summed E-state index contributed by atoms with van der Waals surface area (Å²) in [6.07, 6.45) is 5.74. The largest absolute Gasteiger partial charge is 0.388 e. The van der Waals surface area contributed by atoms with Crippen molar-refractivity contribution in [1.82, 2.24) is 4.90 Å². The van der Waals surface area contributed by atoms with Crippen LogP contribution < -0.4 is 5.73 Å². The molecule has 0 aromatic carbocycles. The van der Waals surface area contributed by atoms with Crippen molar-refractivity contribution in [2.75, 3.05) is 19.6 Å². The average molecular weight is 211 g/mol. The van der Waals surface area contributed by atoms with E-state index in [1.54, 1.807) is 0 Å². The van der Waals surface area contributed by atoms with E-state index >= 15 is 0 Å². The third-order valence-electron chi connectivity index (χ3n) is 3.84. The first-order chi connectivity index (χ1) is 7.06. The Morgan fingerprint density at radius 3 is 2.47 bits per heavy atom. The Morgan fingerprint density at radius 1 is 1.40 bits per heavy atom. The van der Waals surface area contributed by atoms with E-state index in [4.69, 9.17) is 11.1 Å². The number of nitrogens with one attached hydrogen (secondary N) is 1. The number of piperidine rings is 1. The Bertz CT molecular complexity index is 205. The average Bonchev–Trinajstić information content (AvgIpc) is 2.21. The van der Waals surface area contributed by atoms with Gasteiger partial charge in [0.15, 0.2) is 0 Å². The number of nitrogens with zero attached hydrogens (tertiary/aromatic N) is 1. The molecule has 0 spiro atoms. The Labute approximate surface area is 93.5 Å². The lowest BCUT2D eigenvalue weighted by molar-refractivity contribution is 0.114. The molecule has 0 atom stereocenters. The molecule has 1 heterocycles. The van der Waals surface area contributed by atoms with Gasteiger partial charge in [-0.25, -0.2) is 0 Å². The SMILES string of the molecule is CCC1(C)CCN(CCCC(=N)N)CC1. The quantitative estimate of drug-likeness (QED) is 0.541. The van der Waals surface area contributed by atoms with Gasteiger partial charge < -0.3 is 10.6 Å². The van der Waals surface area contributed by atoms with Crippen LogP contribution in [-0.2, 0) is 0 Å². The van der Waals surface area contributed by atoms with Crippen LogP contribution >= 0.6 is 0 Å². The van der Waals surface area contributed by atoms with E-state index in [2.05, 4.69) is 18.7 Å². The summed E-state index contributed by atoms with van der Waals surface area (Å²) in [4.78, 5) is 2.51. The van der Waals surface area contributed by atoms with E-state index in [1.165, 1.54) is 32.4 Å². The van der Waals surface area contributed by atoms with Gasteiger partial charge in [-0.2, -0.15) is 0 Å². The second kappa shape index (κ2) is 5.50. The molecule has 0 unspecified atom stereocenters. The molecule has 0 radical (unpaired) electrons. The molecule has 3 heteroatoms. The van der Waals surface area contributed by atoms with Crippen molar-refractivity contribution in [3.63, 3.8) is 0 Å². The molecule has 0 aromatic rings. The van der Waals surface area contributed by atoms with Crippen LogP contribution in [0.15, 0.2) is 0 Å². The standard InChI is InChI=1S/C12H25N3/c1-3-12(2)6-9-15(10-7-12)8-4-5-11(13)14/h3-10H2,1-2H3,(H3,13,14). The van der Waals surface area contributed by atoms with Gasteiger partial charge in [-0.3, -0.25) is 5.41 Å². The summed E-state index contributed by atoms with van der Waals surface area (Å²) >= 11 is 0. The van der Waals surface area contributed by atoms with E-state index in [9.17, 15) is 0 Å². The number of likely N-dealkylation sites (tertiary alicyclic amines) is 1. The smallest absolute Gasteiger partial charge is 0.0905 e. The van der Waals surface area contributed by atoms with Crippen LogP contribution in [0.1, 0.15) is 46.0 Å². The number of rotatable bonds is 5. The minimum Gasteiger partial charge on any atom is -0.388 e. The van der Waals surface area contributed by atoms with Crippen molar-refractivity contribution in [1.29, 1.82) is 5.41 Å². The van der Waals surface area contributed by atoms with Crippen LogP contribution in [0.4, 0.5) is 0 Å². The molecule has 1 fully saturated rings. The molecule has 0 bridgehead atoms. The van der Waals surface area contributed by atoms with Gasteiger partial charge in [0.05, 0.1) is 5.84 Å². The van der Waals surface area contributed by atoms with Gasteiger partial charge in [-0.15, -0.1) is 0 Å². The summed E-state index contributed by atoms with van der Waals surface area (Å²) in [5.74, 6) is 0.324. The molecule has 15 heavy (non-hydrogen) atoms. The zero-order valence-corrected chi connectivity index (χ0v) is 10.2. The highest BCUT2D eigenvalue weighted by Gasteiger charge is 2.27. The van der Waals surface area contributed by atoms with Gasteiger partial charge in [-0.05, 0) is 44.3 Å². The van der Waals surface area contributed by atoms with E-state index in [-0.39, 0.29) is 0 Å². The molecule has 1 rings (SSSR count). The molecule has 1 saturated heterocycles. The van der Waals surface area contributed by atoms with E-state index in [1.807, 2.05) is 0 Å². The van der Waals surface area contributed by atoms with Crippen LogP contribution in [0.3, 0.4) is 0 Å². The second-order valence-corrected chi connectivity index (χ2v) is 5.13. The summed E-state index contributed by atoms with van der Waals surface area (Å²) in [5.41, 5.74) is 5.92. The van der Waals surface area contributed by atoms with Crippen LogP contribution in [-0.4, -0.2) is 30.4 Å². The summed E-state index contributed by atoms with van der Waals surface area (Å²) in [5, 5.41) is 7.16. The van der Waals surface area contributed by atoms with Gasteiger partial charge in [0, 0.05) is 6.42 Å². The van der Waals surface area contributed by atoms with Crippen LogP contribution in [0.25, 0.3) is 0 Å². The summed E-state index contributed by atoms with van der Waals surface area (Å²) in [7, 11) is 0. The lowest BCUT2D eigenvalue weighted by Crippen LogP contribution is -2.39. The number of amidine groups is 1. The Morgan fingerprint density at radius 2 is 2.00 bits per heavy atom. The van der Waals surface area contributed by atoms with Gasteiger partial charge in [0.1, 0.15) is 0 Å². The molecule has 88 valence electrons. The van der Waals surface area contributed by atoms with Gasteiger partial charge in [0.25, 0.3) is 0 Å². The van der Waals surface area contributed by atoms with Crippen LogP contribution in [0.5, 0.6) is 0 Å². The Hall–Kier alpha value is -0.570. The molecule has 0 aliphatic carbocycles. The van der Waals surface area contributed by atoms with Crippen molar-refractivity contribution in [2.24, 2.45) is 11.1 Å². The fourth-order valence-electron chi connectivity index (χ4n) is 2.16. The highest BCUT2D eigenvalue weighted by Crippen LogP contribution is 2.33. The minimum absolute atomic E-state index is 0.324. The summed E-state index contributed by atoms with van der Waals surface area (Å²) in [6.45, 7) is 8.26. The third kappa shape index (κ3) is 4.20. The molecule has 0 aromatic heterocycles. The molecular formula is C12H25N3. The maximum Gasteiger partial charge on any atom is 0.0905 e. The first kappa shape index (κ1) is 12.5. The summed E-state index contributed by atoms with van der Waals surface area (Å²) in [6, 6.07) is 0. The second-order valence-electron chi connectivity index (χ2n) is 5.13. The maximum absolute atomic E-state index is 7.16. The minimum atomic E-state index is 0.324. The van der Waals surface area contributed by atoms with Crippen molar-refractivity contribution in [3.8, 4) is 0 Å². The number of hydrogen-bond acceptors (Lipinski definition) is 2. The first-order valence-corrected chi connectivity index (χ1v) is 6.11. The topological polar surface area (TPSA) is 53.1 Å². The maximum atomic E-state index is 7.16. The predicted octanol–water partition coefficient (Wildman–Crippen LogP) is 2.21. The van der Waals surface area contributed by atoms with E-state index < -0.39 is 0 Å².